The lowest BCUT2D eigenvalue weighted by molar-refractivity contribution is 0.102. The Kier molecular flexibility index (Phi) is 5.62. The second-order valence-electron chi connectivity index (χ2n) is 6.57. The Morgan fingerprint density at radius 3 is 2.44 bits per heavy atom. The van der Waals surface area contributed by atoms with Crippen LogP contribution in [-0.4, -0.2) is 18.1 Å². The van der Waals surface area contributed by atoms with Crippen molar-refractivity contribution in [2.75, 3.05) is 12.4 Å². The molecule has 3 aromatic rings. The normalized spacial score (nSPS) is 10.9. The number of aliphatic hydroxyl groups is 1. The number of hydrogen-bond donors (Lipinski definition) is 2. The molecule has 140 valence electrons. The van der Waals surface area contributed by atoms with Crippen molar-refractivity contribution < 1.29 is 19.1 Å². The molecule has 3 rings (SSSR count). The van der Waals surface area contributed by atoms with Gasteiger partial charge >= 0.3 is 0 Å². The number of carbonyl (C=O) groups is 1. The molecule has 0 saturated heterocycles. The van der Waals surface area contributed by atoms with Gasteiger partial charge in [0.1, 0.15) is 23.9 Å². The van der Waals surface area contributed by atoms with Gasteiger partial charge in [0.25, 0.3) is 5.91 Å². The highest BCUT2D eigenvalue weighted by molar-refractivity contribution is 6.04. The zero-order valence-corrected chi connectivity index (χ0v) is 15.7. The first-order chi connectivity index (χ1) is 13.0. The summed E-state index contributed by atoms with van der Waals surface area (Å²) < 4.78 is 11.0. The van der Waals surface area contributed by atoms with Crippen molar-refractivity contribution >= 4 is 11.6 Å². The molecule has 2 N–H and O–H groups in total. The summed E-state index contributed by atoms with van der Waals surface area (Å²) in [5, 5.41) is 12.0. The SMILES string of the molecule is COc1cc(NC(=O)c2ccc(C(C)C)cc2)ccc1-c1ccc(CO)o1. The van der Waals surface area contributed by atoms with Crippen LogP contribution in [0.3, 0.4) is 0 Å². The van der Waals surface area contributed by atoms with Gasteiger partial charge < -0.3 is 19.6 Å². The van der Waals surface area contributed by atoms with Gasteiger partial charge in [-0.05, 0) is 47.9 Å². The van der Waals surface area contributed by atoms with E-state index in [9.17, 15) is 4.79 Å². The van der Waals surface area contributed by atoms with Gasteiger partial charge in [-0.1, -0.05) is 26.0 Å². The van der Waals surface area contributed by atoms with Crippen molar-refractivity contribution in [1.29, 1.82) is 0 Å². The molecule has 0 aliphatic heterocycles. The number of benzene rings is 2. The molecule has 5 heteroatoms. The molecule has 0 unspecified atom stereocenters. The van der Waals surface area contributed by atoms with E-state index in [0.29, 0.717) is 34.4 Å². The maximum Gasteiger partial charge on any atom is 0.255 e. The van der Waals surface area contributed by atoms with Gasteiger partial charge in [-0.15, -0.1) is 0 Å². The lowest BCUT2D eigenvalue weighted by Crippen LogP contribution is -2.12. The number of amides is 1. The van der Waals surface area contributed by atoms with E-state index in [4.69, 9.17) is 14.3 Å². The van der Waals surface area contributed by atoms with Crippen LogP contribution in [0.4, 0.5) is 5.69 Å². The molecule has 0 aliphatic rings. The fourth-order valence-corrected chi connectivity index (χ4v) is 2.80. The van der Waals surface area contributed by atoms with Crippen LogP contribution in [0.5, 0.6) is 5.75 Å². The van der Waals surface area contributed by atoms with Gasteiger partial charge in [-0.2, -0.15) is 0 Å². The number of methoxy groups -OCH3 is 1. The Labute approximate surface area is 158 Å². The van der Waals surface area contributed by atoms with Crippen molar-refractivity contribution in [3.05, 3.63) is 71.5 Å². The number of rotatable bonds is 6. The van der Waals surface area contributed by atoms with E-state index in [-0.39, 0.29) is 12.5 Å². The molecule has 1 aromatic heterocycles. The molecule has 5 nitrogen and oxygen atoms in total. The van der Waals surface area contributed by atoms with E-state index in [1.165, 1.54) is 5.56 Å². The zero-order valence-electron chi connectivity index (χ0n) is 15.7. The molecule has 0 aliphatic carbocycles. The van der Waals surface area contributed by atoms with Crippen LogP contribution in [0.15, 0.2) is 59.0 Å². The predicted molar refractivity (Wildman–Crippen MR) is 105 cm³/mol. The number of furan rings is 1. The average molecular weight is 365 g/mol. The van der Waals surface area contributed by atoms with Crippen LogP contribution >= 0.6 is 0 Å². The molecule has 0 saturated carbocycles. The zero-order chi connectivity index (χ0) is 19.4. The van der Waals surface area contributed by atoms with Gasteiger partial charge in [0.2, 0.25) is 0 Å². The molecule has 1 heterocycles. The van der Waals surface area contributed by atoms with Crippen molar-refractivity contribution in [2.24, 2.45) is 0 Å². The fraction of sp³-hybridized carbons (Fsp3) is 0.227. The number of aliphatic hydroxyl groups excluding tert-OH is 1. The highest BCUT2D eigenvalue weighted by Gasteiger charge is 2.13. The minimum atomic E-state index is -0.180. The van der Waals surface area contributed by atoms with Gasteiger partial charge in [-0.25, -0.2) is 0 Å². The van der Waals surface area contributed by atoms with Crippen LogP contribution in [0.1, 0.15) is 41.4 Å². The van der Waals surface area contributed by atoms with Gasteiger partial charge in [0.05, 0.1) is 12.7 Å². The smallest absolute Gasteiger partial charge is 0.255 e. The van der Waals surface area contributed by atoms with Gasteiger partial charge in [-0.3, -0.25) is 4.79 Å². The van der Waals surface area contributed by atoms with E-state index >= 15 is 0 Å². The van der Waals surface area contributed by atoms with Crippen LogP contribution < -0.4 is 10.1 Å². The second kappa shape index (κ2) is 8.10. The lowest BCUT2D eigenvalue weighted by Gasteiger charge is -2.11. The van der Waals surface area contributed by atoms with Crippen molar-refractivity contribution in [3.63, 3.8) is 0 Å². The largest absolute Gasteiger partial charge is 0.496 e. The Balaban J connectivity index is 1.79. The number of carbonyl (C=O) groups excluding carboxylic acids is 1. The molecule has 0 spiro atoms. The topological polar surface area (TPSA) is 71.7 Å². The first kappa shape index (κ1) is 18.7. The van der Waals surface area contributed by atoms with Crippen molar-refractivity contribution in [1.82, 2.24) is 0 Å². The van der Waals surface area contributed by atoms with Gasteiger partial charge in [0, 0.05) is 17.3 Å². The monoisotopic (exact) mass is 365 g/mol. The Bertz CT molecular complexity index is 926. The minimum absolute atomic E-state index is 0.161. The molecule has 0 bridgehead atoms. The Morgan fingerprint density at radius 2 is 1.85 bits per heavy atom. The van der Waals surface area contributed by atoms with Crippen molar-refractivity contribution in [2.45, 2.75) is 26.4 Å². The molecule has 0 radical (unpaired) electrons. The van der Waals surface area contributed by atoms with E-state index in [2.05, 4.69) is 19.2 Å². The molecule has 27 heavy (non-hydrogen) atoms. The van der Waals surface area contributed by atoms with Crippen molar-refractivity contribution in [3.8, 4) is 17.1 Å². The number of anilines is 1. The van der Waals surface area contributed by atoms with Crippen LogP contribution in [0.25, 0.3) is 11.3 Å². The van der Waals surface area contributed by atoms with Crippen LogP contribution in [0, 0.1) is 0 Å². The predicted octanol–water partition coefficient (Wildman–Crippen LogP) is 4.82. The number of hydrogen-bond acceptors (Lipinski definition) is 4. The average Bonchev–Trinajstić information content (AvgIpc) is 3.17. The standard InChI is InChI=1S/C22H23NO4/c1-14(2)15-4-6-16(7-5-15)22(25)23-17-8-10-19(21(12-17)26-3)20-11-9-18(13-24)27-20/h4-12,14,24H,13H2,1-3H3,(H,23,25). The van der Waals surface area contributed by atoms with E-state index in [1.54, 1.807) is 31.4 Å². The van der Waals surface area contributed by atoms with Gasteiger partial charge in [0.15, 0.2) is 0 Å². The summed E-state index contributed by atoms with van der Waals surface area (Å²) in [7, 11) is 1.56. The molecule has 0 fully saturated rings. The highest BCUT2D eigenvalue weighted by atomic mass is 16.5. The molecular weight excluding hydrogens is 342 g/mol. The summed E-state index contributed by atoms with van der Waals surface area (Å²) >= 11 is 0. The Morgan fingerprint density at radius 1 is 1.11 bits per heavy atom. The molecule has 0 atom stereocenters. The van der Waals surface area contributed by atoms with Crippen LogP contribution in [-0.2, 0) is 6.61 Å². The summed E-state index contributed by atoms with van der Waals surface area (Å²) in [5.41, 5.74) is 3.17. The van der Waals surface area contributed by atoms with E-state index in [1.807, 2.05) is 30.3 Å². The first-order valence-corrected chi connectivity index (χ1v) is 8.81. The quantitative estimate of drug-likeness (QED) is 0.657. The summed E-state index contributed by atoms with van der Waals surface area (Å²) in [5.74, 6) is 1.89. The lowest BCUT2D eigenvalue weighted by atomic mass is 10.0. The maximum atomic E-state index is 12.5. The number of nitrogens with one attached hydrogen (secondary N) is 1. The third-order valence-electron chi connectivity index (χ3n) is 4.38. The summed E-state index contributed by atoms with van der Waals surface area (Å²) in [4.78, 5) is 12.5. The fourth-order valence-electron chi connectivity index (χ4n) is 2.80. The second-order valence-corrected chi connectivity index (χ2v) is 6.57. The first-order valence-electron chi connectivity index (χ1n) is 8.81. The minimum Gasteiger partial charge on any atom is -0.496 e. The summed E-state index contributed by atoms with van der Waals surface area (Å²) in [6.07, 6.45) is 0. The summed E-state index contributed by atoms with van der Waals surface area (Å²) in [6.45, 7) is 4.07. The Hall–Kier alpha value is -3.05. The molecular formula is C22H23NO4. The summed E-state index contributed by atoms with van der Waals surface area (Å²) in [6, 6.07) is 16.4. The molecule has 2 aromatic carbocycles. The highest BCUT2D eigenvalue weighted by Crippen LogP contribution is 2.33. The molecule has 1 amide bonds. The third-order valence-corrected chi connectivity index (χ3v) is 4.38. The van der Waals surface area contributed by atoms with Crippen LogP contribution in [0.2, 0.25) is 0 Å². The number of ether oxygens (including phenoxy) is 1. The van der Waals surface area contributed by atoms with E-state index in [0.717, 1.165) is 5.56 Å². The maximum absolute atomic E-state index is 12.5. The van der Waals surface area contributed by atoms with E-state index < -0.39 is 0 Å². The third kappa shape index (κ3) is 4.20.